The van der Waals surface area contributed by atoms with Gasteiger partial charge >= 0.3 is 0 Å². The van der Waals surface area contributed by atoms with E-state index in [2.05, 4.69) is 11.9 Å². The summed E-state index contributed by atoms with van der Waals surface area (Å²) in [7, 11) is 0. The van der Waals surface area contributed by atoms with Crippen LogP contribution in [0.5, 0.6) is 17.4 Å². The molecule has 19 heavy (non-hydrogen) atoms. The fraction of sp³-hybridized carbons (Fsp3) is 0.200. The quantitative estimate of drug-likeness (QED) is 0.743. The lowest BCUT2D eigenvalue weighted by atomic mass is 10.3. The SMILES string of the molecule is CCCOc1ccc(Oc2ccc(C=O)cn2)cc1. The van der Waals surface area contributed by atoms with Crippen molar-refractivity contribution in [1.82, 2.24) is 4.98 Å². The van der Waals surface area contributed by atoms with Crippen LogP contribution in [0.1, 0.15) is 23.7 Å². The van der Waals surface area contributed by atoms with Gasteiger partial charge < -0.3 is 9.47 Å². The van der Waals surface area contributed by atoms with Gasteiger partial charge in [0.25, 0.3) is 0 Å². The molecule has 0 bridgehead atoms. The van der Waals surface area contributed by atoms with Gasteiger partial charge in [0.15, 0.2) is 6.29 Å². The van der Waals surface area contributed by atoms with E-state index in [4.69, 9.17) is 9.47 Å². The molecule has 1 aromatic heterocycles. The van der Waals surface area contributed by atoms with E-state index in [0.717, 1.165) is 18.5 Å². The molecule has 0 saturated carbocycles. The molecule has 0 N–H and O–H groups in total. The first-order chi connectivity index (χ1) is 9.31. The second-order valence-electron chi connectivity index (χ2n) is 3.97. The minimum Gasteiger partial charge on any atom is -0.494 e. The fourth-order valence-corrected chi connectivity index (χ4v) is 1.47. The summed E-state index contributed by atoms with van der Waals surface area (Å²) < 4.78 is 11.0. The lowest BCUT2D eigenvalue weighted by Gasteiger charge is -2.07. The number of aldehydes is 1. The largest absolute Gasteiger partial charge is 0.494 e. The van der Waals surface area contributed by atoms with Gasteiger partial charge in [0.2, 0.25) is 5.88 Å². The van der Waals surface area contributed by atoms with Crippen molar-refractivity contribution in [2.45, 2.75) is 13.3 Å². The summed E-state index contributed by atoms with van der Waals surface area (Å²) in [5, 5.41) is 0. The van der Waals surface area contributed by atoms with E-state index in [1.807, 2.05) is 24.3 Å². The topological polar surface area (TPSA) is 48.4 Å². The van der Waals surface area contributed by atoms with Crippen LogP contribution in [0.15, 0.2) is 42.6 Å². The summed E-state index contributed by atoms with van der Waals surface area (Å²) in [5.74, 6) is 1.95. The van der Waals surface area contributed by atoms with Crippen molar-refractivity contribution in [3.63, 3.8) is 0 Å². The fourth-order valence-electron chi connectivity index (χ4n) is 1.47. The second-order valence-corrected chi connectivity index (χ2v) is 3.97. The van der Waals surface area contributed by atoms with E-state index in [1.165, 1.54) is 6.20 Å². The van der Waals surface area contributed by atoms with Crippen molar-refractivity contribution in [3.05, 3.63) is 48.2 Å². The summed E-state index contributed by atoms with van der Waals surface area (Å²) in [5.41, 5.74) is 0.524. The van der Waals surface area contributed by atoms with Gasteiger partial charge in [0.1, 0.15) is 11.5 Å². The number of carbonyl (C=O) groups excluding carboxylic acids is 1. The number of ether oxygens (including phenoxy) is 2. The Balaban J connectivity index is 1.99. The molecule has 0 aliphatic rings. The number of aromatic nitrogens is 1. The van der Waals surface area contributed by atoms with E-state index in [1.54, 1.807) is 12.1 Å². The maximum Gasteiger partial charge on any atom is 0.219 e. The molecule has 0 fully saturated rings. The number of benzene rings is 1. The Morgan fingerprint density at radius 3 is 2.42 bits per heavy atom. The van der Waals surface area contributed by atoms with E-state index in [9.17, 15) is 4.79 Å². The van der Waals surface area contributed by atoms with Crippen LogP contribution in [0.4, 0.5) is 0 Å². The van der Waals surface area contributed by atoms with Gasteiger partial charge in [-0.1, -0.05) is 6.92 Å². The Hall–Kier alpha value is -2.36. The van der Waals surface area contributed by atoms with E-state index >= 15 is 0 Å². The van der Waals surface area contributed by atoms with Crippen molar-refractivity contribution in [1.29, 1.82) is 0 Å². The molecule has 0 amide bonds. The molecule has 1 heterocycles. The predicted molar refractivity (Wildman–Crippen MR) is 71.9 cm³/mol. The van der Waals surface area contributed by atoms with Crippen LogP contribution in [0.2, 0.25) is 0 Å². The van der Waals surface area contributed by atoms with Gasteiger partial charge in [-0.25, -0.2) is 4.98 Å². The van der Waals surface area contributed by atoms with Crippen molar-refractivity contribution in [3.8, 4) is 17.4 Å². The summed E-state index contributed by atoms with van der Waals surface area (Å²) in [6.45, 7) is 2.76. The lowest BCUT2D eigenvalue weighted by molar-refractivity contribution is 0.112. The molecule has 0 spiro atoms. The lowest BCUT2D eigenvalue weighted by Crippen LogP contribution is -1.94. The normalized spacial score (nSPS) is 9.95. The molecule has 4 heteroatoms. The first-order valence-electron chi connectivity index (χ1n) is 6.14. The highest BCUT2D eigenvalue weighted by molar-refractivity contribution is 5.74. The third-order valence-corrected chi connectivity index (χ3v) is 2.41. The number of pyridine rings is 1. The molecule has 0 saturated heterocycles. The Bertz CT molecular complexity index is 520. The van der Waals surface area contributed by atoms with Gasteiger partial charge in [-0.2, -0.15) is 0 Å². The molecule has 1 aromatic carbocycles. The third kappa shape index (κ3) is 3.81. The molecule has 2 aromatic rings. The van der Waals surface area contributed by atoms with Crippen LogP contribution in [0.3, 0.4) is 0 Å². The molecular formula is C15H15NO3. The Morgan fingerprint density at radius 1 is 1.11 bits per heavy atom. The molecular weight excluding hydrogens is 242 g/mol. The smallest absolute Gasteiger partial charge is 0.219 e. The maximum atomic E-state index is 10.5. The van der Waals surface area contributed by atoms with E-state index in [-0.39, 0.29) is 0 Å². The standard InChI is InChI=1S/C15H15NO3/c1-2-9-18-13-4-6-14(7-5-13)19-15-8-3-12(11-17)10-16-15/h3-8,10-11H,2,9H2,1H3. The van der Waals surface area contributed by atoms with Crippen molar-refractivity contribution < 1.29 is 14.3 Å². The first-order valence-corrected chi connectivity index (χ1v) is 6.14. The molecule has 0 unspecified atom stereocenters. The van der Waals surface area contributed by atoms with Crippen LogP contribution in [0.25, 0.3) is 0 Å². The van der Waals surface area contributed by atoms with Gasteiger partial charge in [-0.3, -0.25) is 4.79 Å². The zero-order valence-electron chi connectivity index (χ0n) is 10.7. The zero-order chi connectivity index (χ0) is 13.5. The highest BCUT2D eigenvalue weighted by Gasteiger charge is 2.00. The van der Waals surface area contributed by atoms with Crippen molar-refractivity contribution >= 4 is 6.29 Å². The monoisotopic (exact) mass is 257 g/mol. The number of nitrogens with zero attached hydrogens (tertiary/aromatic N) is 1. The molecule has 4 nitrogen and oxygen atoms in total. The molecule has 2 rings (SSSR count). The van der Waals surface area contributed by atoms with Crippen molar-refractivity contribution in [2.24, 2.45) is 0 Å². The van der Waals surface area contributed by atoms with Crippen LogP contribution >= 0.6 is 0 Å². The molecule has 0 radical (unpaired) electrons. The zero-order valence-corrected chi connectivity index (χ0v) is 10.7. The highest BCUT2D eigenvalue weighted by atomic mass is 16.5. The maximum absolute atomic E-state index is 10.5. The minimum atomic E-state index is 0.452. The van der Waals surface area contributed by atoms with Gasteiger partial charge in [-0.05, 0) is 36.8 Å². The van der Waals surface area contributed by atoms with Crippen LogP contribution in [-0.4, -0.2) is 17.9 Å². The third-order valence-electron chi connectivity index (χ3n) is 2.41. The molecule has 0 aliphatic carbocycles. The average molecular weight is 257 g/mol. The average Bonchev–Trinajstić information content (AvgIpc) is 2.47. The molecule has 98 valence electrons. The predicted octanol–water partition coefficient (Wildman–Crippen LogP) is 3.48. The summed E-state index contributed by atoms with van der Waals surface area (Å²) in [6, 6.07) is 10.7. The number of rotatable bonds is 6. The Morgan fingerprint density at radius 2 is 1.84 bits per heavy atom. The Kier molecular flexibility index (Phi) is 4.50. The van der Waals surface area contributed by atoms with Crippen molar-refractivity contribution in [2.75, 3.05) is 6.61 Å². The van der Waals surface area contributed by atoms with E-state index < -0.39 is 0 Å². The van der Waals surface area contributed by atoms with E-state index in [0.29, 0.717) is 23.8 Å². The summed E-state index contributed by atoms with van der Waals surface area (Å²) in [4.78, 5) is 14.5. The first kappa shape index (κ1) is 13.1. The number of hydrogen-bond acceptors (Lipinski definition) is 4. The minimum absolute atomic E-state index is 0.452. The van der Waals surface area contributed by atoms with Gasteiger partial charge in [0.05, 0.1) is 6.61 Å². The molecule has 0 atom stereocenters. The van der Waals surface area contributed by atoms with Crippen LogP contribution in [-0.2, 0) is 0 Å². The van der Waals surface area contributed by atoms with Gasteiger partial charge in [0, 0.05) is 17.8 Å². The van der Waals surface area contributed by atoms with Crippen LogP contribution < -0.4 is 9.47 Å². The highest BCUT2D eigenvalue weighted by Crippen LogP contribution is 2.22. The number of carbonyl (C=O) groups is 1. The molecule has 0 aliphatic heterocycles. The van der Waals surface area contributed by atoms with Crippen LogP contribution in [0, 0.1) is 0 Å². The second kappa shape index (κ2) is 6.54. The summed E-state index contributed by atoms with van der Waals surface area (Å²) >= 11 is 0. The van der Waals surface area contributed by atoms with Gasteiger partial charge in [-0.15, -0.1) is 0 Å². The number of hydrogen-bond donors (Lipinski definition) is 0. The Labute approximate surface area is 112 Å². The summed E-state index contributed by atoms with van der Waals surface area (Å²) in [6.07, 6.45) is 3.20.